The molecule has 23 heavy (non-hydrogen) atoms. The summed E-state index contributed by atoms with van der Waals surface area (Å²) in [5.41, 5.74) is 1.58. The first-order chi connectivity index (χ1) is 11.2. The molecule has 7 heteroatoms. The van der Waals surface area contributed by atoms with E-state index in [-0.39, 0.29) is 11.9 Å². The molecule has 1 saturated heterocycles. The Balaban J connectivity index is 1.62. The molecule has 0 spiro atoms. The summed E-state index contributed by atoms with van der Waals surface area (Å²) < 4.78 is 1.63. The topological polar surface area (TPSA) is 75.9 Å². The standard InChI is InChI=1S/C16H22N6O/c1-3-12-9-17-16(18-10-12)22-7-4-5-13(11-22)19-15(23)14-6-8-21(2)20-14/h6,8-10,13H,3-5,7,11H2,1-2H3,(H,19,23). The van der Waals surface area contributed by atoms with Gasteiger partial charge >= 0.3 is 0 Å². The van der Waals surface area contributed by atoms with Gasteiger partial charge in [-0.3, -0.25) is 9.48 Å². The summed E-state index contributed by atoms with van der Waals surface area (Å²) >= 11 is 0. The zero-order chi connectivity index (χ0) is 16.2. The number of hydrogen-bond acceptors (Lipinski definition) is 5. The predicted octanol–water partition coefficient (Wildman–Crippen LogP) is 1.17. The molecule has 0 bridgehead atoms. The molecule has 1 amide bonds. The number of nitrogens with one attached hydrogen (secondary N) is 1. The van der Waals surface area contributed by atoms with Crippen LogP contribution < -0.4 is 10.2 Å². The van der Waals surface area contributed by atoms with Crippen molar-refractivity contribution in [1.29, 1.82) is 0 Å². The highest BCUT2D eigenvalue weighted by atomic mass is 16.2. The summed E-state index contributed by atoms with van der Waals surface area (Å²) in [5, 5.41) is 7.20. The fourth-order valence-electron chi connectivity index (χ4n) is 2.77. The van der Waals surface area contributed by atoms with Crippen LogP contribution in [-0.4, -0.2) is 44.8 Å². The SMILES string of the molecule is CCc1cnc(N2CCCC(NC(=O)c3ccn(C)n3)C2)nc1. The monoisotopic (exact) mass is 314 g/mol. The van der Waals surface area contributed by atoms with Gasteiger partial charge < -0.3 is 10.2 Å². The van der Waals surface area contributed by atoms with Crippen molar-refractivity contribution in [3.63, 3.8) is 0 Å². The maximum absolute atomic E-state index is 12.2. The zero-order valence-corrected chi connectivity index (χ0v) is 13.6. The highest BCUT2D eigenvalue weighted by Crippen LogP contribution is 2.16. The summed E-state index contributed by atoms with van der Waals surface area (Å²) in [5.74, 6) is 0.610. The minimum atomic E-state index is -0.125. The Morgan fingerprint density at radius 1 is 1.39 bits per heavy atom. The van der Waals surface area contributed by atoms with Crippen molar-refractivity contribution >= 4 is 11.9 Å². The van der Waals surface area contributed by atoms with Crippen LogP contribution in [0, 0.1) is 0 Å². The van der Waals surface area contributed by atoms with E-state index < -0.39 is 0 Å². The molecule has 1 fully saturated rings. The van der Waals surface area contributed by atoms with Crippen molar-refractivity contribution in [3.8, 4) is 0 Å². The van der Waals surface area contributed by atoms with Crippen LogP contribution >= 0.6 is 0 Å². The fraction of sp³-hybridized carbons (Fsp3) is 0.500. The number of aromatic nitrogens is 4. The Labute approximate surface area is 135 Å². The molecule has 1 atom stereocenters. The molecule has 0 aliphatic carbocycles. The molecule has 0 aromatic carbocycles. The van der Waals surface area contributed by atoms with Crippen LogP contribution in [-0.2, 0) is 13.5 Å². The van der Waals surface area contributed by atoms with Crippen LogP contribution in [0.3, 0.4) is 0 Å². The molecule has 122 valence electrons. The molecule has 1 N–H and O–H groups in total. The Kier molecular flexibility index (Phi) is 4.55. The molecule has 7 nitrogen and oxygen atoms in total. The minimum Gasteiger partial charge on any atom is -0.346 e. The van der Waals surface area contributed by atoms with Gasteiger partial charge in [0.1, 0.15) is 5.69 Å². The number of carbonyl (C=O) groups excluding carboxylic acids is 1. The van der Waals surface area contributed by atoms with Gasteiger partial charge in [0.25, 0.3) is 5.91 Å². The van der Waals surface area contributed by atoms with Gasteiger partial charge in [-0.2, -0.15) is 5.10 Å². The van der Waals surface area contributed by atoms with Crippen molar-refractivity contribution < 1.29 is 4.79 Å². The molecule has 1 aliphatic rings. The van der Waals surface area contributed by atoms with E-state index in [1.807, 2.05) is 12.4 Å². The number of hydrogen-bond donors (Lipinski definition) is 1. The predicted molar refractivity (Wildman–Crippen MR) is 87.3 cm³/mol. The van der Waals surface area contributed by atoms with Gasteiger partial charge in [0.05, 0.1) is 0 Å². The molecule has 2 aromatic heterocycles. The Bertz CT molecular complexity index is 665. The smallest absolute Gasteiger partial charge is 0.272 e. The Morgan fingerprint density at radius 3 is 2.83 bits per heavy atom. The summed E-state index contributed by atoms with van der Waals surface area (Å²) in [4.78, 5) is 23.2. The Morgan fingerprint density at radius 2 is 2.17 bits per heavy atom. The van der Waals surface area contributed by atoms with Crippen LogP contribution in [0.1, 0.15) is 35.8 Å². The van der Waals surface area contributed by atoms with Gasteiger partial charge in [-0.05, 0) is 30.9 Å². The maximum Gasteiger partial charge on any atom is 0.272 e. The number of aryl methyl sites for hydroxylation is 2. The first-order valence-corrected chi connectivity index (χ1v) is 8.02. The number of rotatable bonds is 4. The van der Waals surface area contributed by atoms with Crippen molar-refractivity contribution in [1.82, 2.24) is 25.1 Å². The molecule has 0 saturated carbocycles. The lowest BCUT2D eigenvalue weighted by Crippen LogP contribution is -2.48. The van der Waals surface area contributed by atoms with E-state index in [1.54, 1.807) is 24.0 Å². The third-order valence-corrected chi connectivity index (χ3v) is 4.09. The van der Waals surface area contributed by atoms with E-state index in [0.29, 0.717) is 5.69 Å². The van der Waals surface area contributed by atoms with E-state index in [4.69, 9.17) is 0 Å². The van der Waals surface area contributed by atoms with E-state index >= 15 is 0 Å². The fourth-order valence-corrected chi connectivity index (χ4v) is 2.77. The van der Waals surface area contributed by atoms with E-state index in [1.165, 1.54) is 0 Å². The summed E-state index contributed by atoms with van der Waals surface area (Å²) in [6.45, 7) is 3.73. The zero-order valence-electron chi connectivity index (χ0n) is 13.6. The molecule has 0 radical (unpaired) electrons. The van der Waals surface area contributed by atoms with Crippen molar-refractivity contribution in [2.75, 3.05) is 18.0 Å². The van der Waals surface area contributed by atoms with Crippen LogP contribution in [0.25, 0.3) is 0 Å². The van der Waals surface area contributed by atoms with Gasteiger partial charge in [-0.25, -0.2) is 9.97 Å². The molecule has 3 rings (SSSR count). The van der Waals surface area contributed by atoms with Crippen LogP contribution in [0.2, 0.25) is 0 Å². The van der Waals surface area contributed by atoms with Crippen molar-refractivity contribution in [2.24, 2.45) is 7.05 Å². The lowest BCUT2D eigenvalue weighted by Gasteiger charge is -2.33. The van der Waals surface area contributed by atoms with Crippen LogP contribution in [0.5, 0.6) is 0 Å². The number of nitrogens with zero attached hydrogens (tertiary/aromatic N) is 5. The number of amides is 1. The number of piperidine rings is 1. The highest BCUT2D eigenvalue weighted by Gasteiger charge is 2.24. The summed E-state index contributed by atoms with van der Waals surface area (Å²) in [7, 11) is 1.80. The van der Waals surface area contributed by atoms with Crippen molar-refractivity contribution in [2.45, 2.75) is 32.2 Å². The van der Waals surface area contributed by atoms with Gasteiger partial charge in [-0.15, -0.1) is 0 Å². The van der Waals surface area contributed by atoms with E-state index in [0.717, 1.165) is 43.9 Å². The third kappa shape index (κ3) is 3.67. The second kappa shape index (κ2) is 6.76. The van der Waals surface area contributed by atoms with E-state index in [9.17, 15) is 4.79 Å². The quantitative estimate of drug-likeness (QED) is 0.917. The van der Waals surface area contributed by atoms with Gasteiger partial charge in [0.15, 0.2) is 0 Å². The average molecular weight is 314 g/mol. The molecule has 1 aliphatic heterocycles. The lowest BCUT2D eigenvalue weighted by atomic mass is 10.1. The van der Waals surface area contributed by atoms with Gasteiger partial charge in [-0.1, -0.05) is 6.92 Å². The first kappa shape index (κ1) is 15.5. The average Bonchev–Trinajstić information content (AvgIpc) is 3.02. The molecule has 2 aromatic rings. The maximum atomic E-state index is 12.2. The number of carbonyl (C=O) groups is 1. The summed E-state index contributed by atoms with van der Waals surface area (Å²) in [6, 6.07) is 1.82. The molecular formula is C16H22N6O. The largest absolute Gasteiger partial charge is 0.346 e. The highest BCUT2D eigenvalue weighted by molar-refractivity contribution is 5.92. The van der Waals surface area contributed by atoms with Crippen LogP contribution in [0.4, 0.5) is 5.95 Å². The second-order valence-corrected chi connectivity index (χ2v) is 5.88. The van der Waals surface area contributed by atoms with Gasteiger partial charge in [0.2, 0.25) is 5.95 Å². The summed E-state index contributed by atoms with van der Waals surface area (Å²) in [6.07, 6.45) is 8.42. The van der Waals surface area contributed by atoms with Gasteiger partial charge in [0, 0.05) is 44.8 Å². The normalized spacial score (nSPS) is 18.0. The van der Waals surface area contributed by atoms with E-state index in [2.05, 4.69) is 32.2 Å². The molecule has 1 unspecified atom stereocenters. The third-order valence-electron chi connectivity index (χ3n) is 4.09. The number of anilines is 1. The minimum absolute atomic E-state index is 0.0905. The molecule has 3 heterocycles. The Hall–Kier alpha value is -2.44. The molecular weight excluding hydrogens is 292 g/mol. The van der Waals surface area contributed by atoms with Crippen molar-refractivity contribution in [3.05, 3.63) is 35.9 Å². The second-order valence-electron chi connectivity index (χ2n) is 5.88. The van der Waals surface area contributed by atoms with Crippen LogP contribution in [0.15, 0.2) is 24.7 Å². The first-order valence-electron chi connectivity index (χ1n) is 8.02. The lowest BCUT2D eigenvalue weighted by molar-refractivity contribution is 0.0927.